The molecule has 1 atom stereocenters. The van der Waals surface area contributed by atoms with Crippen LogP contribution in [0.1, 0.15) is 45.9 Å². The molecule has 0 saturated carbocycles. The number of piperidine rings is 1. The van der Waals surface area contributed by atoms with E-state index < -0.39 is 0 Å². The zero-order valence-electron chi connectivity index (χ0n) is 15.4. The van der Waals surface area contributed by atoms with Gasteiger partial charge >= 0.3 is 0 Å². The van der Waals surface area contributed by atoms with Gasteiger partial charge in [-0.15, -0.1) is 16.4 Å². The van der Waals surface area contributed by atoms with Gasteiger partial charge in [-0.05, 0) is 57.2 Å². The third kappa shape index (κ3) is 4.15. The summed E-state index contributed by atoms with van der Waals surface area (Å²) in [6, 6.07) is 4.45. The maximum absolute atomic E-state index is 12.4. The lowest BCUT2D eigenvalue weighted by atomic mass is 9.98. The number of thiophene rings is 1. The second kappa shape index (κ2) is 7.88. The Balaban J connectivity index is 1.32. The van der Waals surface area contributed by atoms with Crippen molar-refractivity contribution < 1.29 is 4.79 Å². The SMILES string of the molecule is Cc1ccc(CN2CCCC(Cn3cc(C(=O)N4CCCC4)nn3)C2)s1. The number of aromatic nitrogens is 3. The third-order valence-electron chi connectivity index (χ3n) is 5.37. The van der Waals surface area contributed by atoms with E-state index in [2.05, 4.69) is 34.3 Å². The molecular weight excluding hydrogens is 346 g/mol. The lowest BCUT2D eigenvalue weighted by Gasteiger charge is -2.32. The van der Waals surface area contributed by atoms with Crippen LogP contribution in [0.4, 0.5) is 0 Å². The maximum Gasteiger partial charge on any atom is 0.276 e. The number of carbonyl (C=O) groups excluding carboxylic acids is 1. The number of amides is 1. The van der Waals surface area contributed by atoms with Crippen LogP contribution in [-0.2, 0) is 13.1 Å². The molecule has 0 N–H and O–H groups in total. The van der Waals surface area contributed by atoms with Crippen LogP contribution in [0.5, 0.6) is 0 Å². The molecule has 2 aromatic rings. The first-order valence-corrected chi connectivity index (χ1v) is 10.5. The van der Waals surface area contributed by atoms with Gasteiger partial charge in [0.1, 0.15) is 0 Å². The summed E-state index contributed by atoms with van der Waals surface area (Å²) in [5.41, 5.74) is 0.494. The molecule has 7 heteroatoms. The van der Waals surface area contributed by atoms with E-state index >= 15 is 0 Å². The van der Waals surface area contributed by atoms with Crippen LogP contribution in [-0.4, -0.2) is 56.9 Å². The lowest BCUT2D eigenvalue weighted by molar-refractivity contribution is 0.0787. The fourth-order valence-corrected chi connectivity index (χ4v) is 5.00. The van der Waals surface area contributed by atoms with Crippen LogP contribution in [0.2, 0.25) is 0 Å². The van der Waals surface area contributed by atoms with E-state index in [4.69, 9.17) is 0 Å². The molecule has 0 bridgehead atoms. The average molecular weight is 374 g/mol. The average Bonchev–Trinajstić information content (AvgIpc) is 3.37. The molecule has 6 nitrogen and oxygen atoms in total. The summed E-state index contributed by atoms with van der Waals surface area (Å²) >= 11 is 1.89. The van der Waals surface area contributed by atoms with Gasteiger partial charge in [-0.1, -0.05) is 5.21 Å². The number of nitrogens with zero attached hydrogens (tertiary/aromatic N) is 5. The van der Waals surface area contributed by atoms with Gasteiger partial charge in [-0.3, -0.25) is 14.4 Å². The largest absolute Gasteiger partial charge is 0.337 e. The van der Waals surface area contributed by atoms with E-state index in [0.29, 0.717) is 11.6 Å². The maximum atomic E-state index is 12.4. The summed E-state index contributed by atoms with van der Waals surface area (Å²) in [6.07, 6.45) is 6.48. The minimum absolute atomic E-state index is 0.0343. The standard InChI is InChI=1S/C19H27N5OS/c1-15-6-7-17(26-15)13-22-8-4-5-16(11-22)12-24-14-18(20-21-24)19(25)23-9-2-3-10-23/h6-7,14,16H,2-5,8-13H2,1H3. The Hall–Kier alpha value is -1.73. The monoisotopic (exact) mass is 373 g/mol. The predicted molar refractivity (Wildman–Crippen MR) is 102 cm³/mol. The van der Waals surface area contributed by atoms with E-state index in [-0.39, 0.29) is 5.91 Å². The van der Waals surface area contributed by atoms with Crippen molar-refractivity contribution in [3.63, 3.8) is 0 Å². The van der Waals surface area contributed by atoms with Crippen molar-refractivity contribution in [2.75, 3.05) is 26.2 Å². The Kier molecular flexibility index (Phi) is 5.36. The van der Waals surface area contributed by atoms with E-state index in [0.717, 1.165) is 45.6 Å². The summed E-state index contributed by atoms with van der Waals surface area (Å²) in [4.78, 5) is 19.7. The summed E-state index contributed by atoms with van der Waals surface area (Å²) in [5.74, 6) is 0.605. The molecule has 140 valence electrons. The highest BCUT2D eigenvalue weighted by molar-refractivity contribution is 7.11. The number of carbonyl (C=O) groups is 1. The fourth-order valence-electron chi connectivity index (χ4n) is 4.07. The van der Waals surface area contributed by atoms with Crippen LogP contribution in [0.3, 0.4) is 0 Å². The van der Waals surface area contributed by atoms with Gasteiger partial charge in [0, 0.05) is 42.5 Å². The third-order valence-corrected chi connectivity index (χ3v) is 6.36. The summed E-state index contributed by atoms with van der Waals surface area (Å²) in [7, 11) is 0. The fraction of sp³-hybridized carbons (Fsp3) is 0.632. The van der Waals surface area contributed by atoms with Crippen molar-refractivity contribution in [3.05, 3.63) is 33.8 Å². The molecule has 2 aromatic heterocycles. The van der Waals surface area contributed by atoms with Crippen molar-refractivity contribution >= 4 is 17.2 Å². The van der Waals surface area contributed by atoms with Gasteiger partial charge in [0.25, 0.3) is 5.91 Å². The van der Waals surface area contributed by atoms with Crippen molar-refractivity contribution in [1.29, 1.82) is 0 Å². The molecule has 0 aliphatic carbocycles. The van der Waals surface area contributed by atoms with Crippen LogP contribution >= 0.6 is 11.3 Å². The van der Waals surface area contributed by atoms with Crippen LogP contribution in [0.15, 0.2) is 18.3 Å². The van der Waals surface area contributed by atoms with Gasteiger partial charge in [-0.2, -0.15) is 0 Å². The zero-order valence-corrected chi connectivity index (χ0v) is 16.2. The van der Waals surface area contributed by atoms with E-state index in [9.17, 15) is 4.79 Å². The highest BCUT2D eigenvalue weighted by atomic mass is 32.1. The molecular formula is C19H27N5OS. The molecule has 0 radical (unpaired) electrons. The molecule has 1 amide bonds. The zero-order chi connectivity index (χ0) is 17.9. The van der Waals surface area contributed by atoms with Gasteiger partial charge in [0.05, 0.1) is 6.20 Å². The topological polar surface area (TPSA) is 54.3 Å². The first-order chi connectivity index (χ1) is 12.7. The Bertz CT molecular complexity index is 749. The van der Waals surface area contributed by atoms with Crippen LogP contribution in [0.25, 0.3) is 0 Å². The van der Waals surface area contributed by atoms with E-state index in [1.165, 1.54) is 29.1 Å². The van der Waals surface area contributed by atoms with Crippen molar-refractivity contribution in [2.45, 2.75) is 45.7 Å². The summed E-state index contributed by atoms with van der Waals surface area (Å²) < 4.78 is 1.87. The first kappa shape index (κ1) is 17.7. The normalized spacial score (nSPS) is 21.4. The Labute approximate surface area is 158 Å². The van der Waals surface area contributed by atoms with E-state index in [1.807, 2.05) is 27.1 Å². The second-order valence-corrected chi connectivity index (χ2v) is 8.95. The highest BCUT2D eigenvalue weighted by Gasteiger charge is 2.24. The molecule has 0 spiro atoms. The van der Waals surface area contributed by atoms with Gasteiger partial charge < -0.3 is 4.90 Å². The molecule has 1 unspecified atom stereocenters. The predicted octanol–water partition coefficient (Wildman–Crippen LogP) is 2.80. The molecule has 2 aliphatic heterocycles. The lowest BCUT2D eigenvalue weighted by Crippen LogP contribution is -2.36. The van der Waals surface area contributed by atoms with Crippen LogP contribution < -0.4 is 0 Å². The van der Waals surface area contributed by atoms with Crippen molar-refractivity contribution in [2.24, 2.45) is 5.92 Å². The number of rotatable bonds is 5. The molecule has 0 aromatic carbocycles. The molecule has 26 heavy (non-hydrogen) atoms. The van der Waals surface area contributed by atoms with Crippen molar-refractivity contribution in [3.8, 4) is 0 Å². The number of hydrogen-bond acceptors (Lipinski definition) is 5. The molecule has 2 saturated heterocycles. The minimum Gasteiger partial charge on any atom is -0.337 e. The van der Waals surface area contributed by atoms with Crippen molar-refractivity contribution in [1.82, 2.24) is 24.8 Å². The van der Waals surface area contributed by atoms with Gasteiger partial charge in [-0.25, -0.2) is 0 Å². The Morgan fingerprint density at radius 2 is 2.08 bits per heavy atom. The highest BCUT2D eigenvalue weighted by Crippen LogP contribution is 2.23. The molecule has 4 heterocycles. The first-order valence-electron chi connectivity index (χ1n) is 9.64. The smallest absolute Gasteiger partial charge is 0.276 e. The second-order valence-electron chi connectivity index (χ2n) is 7.58. The minimum atomic E-state index is 0.0343. The van der Waals surface area contributed by atoms with E-state index in [1.54, 1.807) is 0 Å². The number of likely N-dealkylation sites (tertiary alicyclic amines) is 2. The summed E-state index contributed by atoms with van der Waals surface area (Å²) in [5, 5.41) is 8.34. The Morgan fingerprint density at radius 1 is 1.23 bits per heavy atom. The van der Waals surface area contributed by atoms with Gasteiger partial charge in [0.15, 0.2) is 5.69 Å². The molecule has 2 fully saturated rings. The Morgan fingerprint density at radius 3 is 2.85 bits per heavy atom. The van der Waals surface area contributed by atoms with Gasteiger partial charge in [0.2, 0.25) is 0 Å². The van der Waals surface area contributed by atoms with Crippen LogP contribution in [0, 0.1) is 12.8 Å². The summed E-state index contributed by atoms with van der Waals surface area (Å²) in [6.45, 7) is 8.02. The quantitative estimate of drug-likeness (QED) is 0.809. The molecule has 2 aliphatic rings. The number of aryl methyl sites for hydroxylation is 1. The molecule has 4 rings (SSSR count). The number of hydrogen-bond donors (Lipinski definition) is 0.